The summed E-state index contributed by atoms with van der Waals surface area (Å²) in [6.07, 6.45) is 3.11. The second kappa shape index (κ2) is 8.63. The number of nitrogens with one attached hydrogen (secondary N) is 1. The molecule has 0 spiro atoms. The van der Waals surface area contributed by atoms with Crippen molar-refractivity contribution in [3.8, 4) is 0 Å². The summed E-state index contributed by atoms with van der Waals surface area (Å²) in [7, 11) is 0. The number of amides is 1. The molecule has 8 heteroatoms. The Hall–Kier alpha value is -2.90. The van der Waals surface area contributed by atoms with Crippen molar-refractivity contribution in [1.29, 1.82) is 0 Å². The van der Waals surface area contributed by atoms with Gasteiger partial charge in [0.15, 0.2) is 0 Å². The third-order valence-electron chi connectivity index (χ3n) is 4.74. The normalized spacial score (nSPS) is 14.1. The van der Waals surface area contributed by atoms with E-state index in [1.54, 1.807) is 23.0 Å². The average molecular weight is 415 g/mol. The zero-order valence-corrected chi connectivity index (χ0v) is 16.4. The minimum absolute atomic E-state index is 0.353. The molecule has 1 fully saturated rings. The van der Waals surface area contributed by atoms with Gasteiger partial charge in [-0.1, -0.05) is 29.8 Å². The number of carbonyl (C=O) groups is 1. The second-order valence-corrected chi connectivity index (χ2v) is 7.14. The molecule has 1 N–H and O–H groups in total. The zero-order valence-electron chi connectivity index (χ0n) is 15.6. The third kappa shape index (κ3) is 4.58. The number of anilines is 2. The molecule has 1 aromatic heterocycles. The maximum absolute atomic E-state index is 14.5. The van der Waals surface area contributed by atoms with Crippen molar-refractivity contribution in [2.45, 2.75) is 6.54 Å². The first-order valence-corrected chi connectivity index (χ1v) is 9.67. The molecule has 1 aliphatic heterocycles. The first kappa shape index (κ1) is 19.4. The fourth-order valence-electron chi connectivity index (χ4n) is 3.22. The molecule has 4 rings (SSSR count). The number of carbonyl (C=O) groups excluding carboxylic acids is 1. The molecule has 0 bridgehead atoms. The van der Waals surface area contributed by atoms with Gasteiger partial charge in [-0.2, -0.15) is 5.10 Å². The highest BCUT2D eigenvalue weighted by Gasteiger charge is 2.16. The van der Waals surface area contributed by atoms with Gasteiger partial charge in [0.1, 0.15) is 5.82 Å². The Bertz CT molecular complexity index is 1020. The maximum Gasteiger partial charge on any atom is 0.258 e. The van der Waals surface area contributed by atoms with Crippen LogP contribution in [0.4, 0.5) is 15.8 Å². The molecule has 1 amide bonds. The van der Waals surface area contributed by atoms with Gasteiger partial charge in [0.05, 0.1) is 37.2 Å². The van der Waals surface area contributed by atoms with E-state index in [0.29, 0.717) is 54.8 Å². The Labute approximate surface area is 172 Å². The van der Waals surface area contributed by atoms with E-state index >= 15 is 0 Å². The highest BCUT2D eigenvalue weighted by molar-refractivity contribution is 6.31. The van der Waals surface area contributed by atoms with Crippen LogP contribution in [-0.2, 0) is 11.3 Å². The number of hydrogen-bond acceptors (Lipinski definition) is 4. The fraction of sp³-hybridized carbons (Fsp3) is 0.238. The molecule has 1 saturated heterocycles. The first-order valence-electron chi connectivity index (χ1n) is 9.29. The summed E-state index contributed by atoms with van der Waals surface area (Å²) in [5.41, 5.74) is 2.20. The van der Waals surface area contributed by atoms with E-state index in [1.165, 1.54) is 12.3 Å². The number of halogens is 2. The molecule has 29 heavy (non-hydrogen) atoms. The summed E-state index contributed by atoms with van der Waals surface area (Å²) in [5, 5.41) is 7.57. The van der Waals surface area contributed by atoms with Crippen molar-refractivity contribution >= 4 is 28.9 Å². The van der Waals surface area contributed by atoms with Crippen LogP contribution in [0.25, 0.3) is 0 Å². The lowest BCUT2D eigenvalue weighted by Gasteiger charge is -2.29. The van der Waals surface area contributed by atoms with Gasteiger partial charge in [-0.25, -0.2) is 4.39 Å². The van der Waals surface area contributed by atoms with E-state index in [2.05, 4.69) is 10.4 Å². The van der Waals surface area contributed by atoms with Crippen molar-refractivity contribution in [3.63, 3.8) is 0 Å². The van der Waals surface area contributed by atoms with Crippen LogP contribution in [0.3, 0.4) is 0 Å². The Morgan fingerprint density at radius 1 is 1.21 bits per heavy atom. The molecule has 3 aromatic rings. The van der Waals surface area contributed by atoms with Crippen molar-refractivity contribution in [2.24, 2.45) is 0 Å². The zero-order chi connectivity index (χ0) is 20.2. The van der Waals surface area contributed by atoms with Crippen LogP contribution in [0.5, 0.6) is 0 Å². The lowest BCUT2D eigenvalue weighted by Crippen LogP contribution is -2.36. The summed E-state index contributed by atoms with van der Waals surface area (Å²) < 4.78 is 21.4. The number of morpholine rings is 1. The Morgan fingerprint density at radius 2 is 2.00 bits per heavy atom. The number of rotatable bonds is 5. The monoisotopic (exact) mass is 414 g/mol. The summed E-state index contributed by atoms with van der Waals surface area (Å²) in [6, 6.07) is 12.2. The first-order chi connectivity index (χ1) is 14.1. The van der Waals surface area contributed by atoms with Crippen molar-refractivity contribution < 1.29 is 13.9 Å². The average Bonchev–Trinajstić information content (AvgIpc) is 3.19. The minimum atomic E-state index is -0.376. The molecule has 0 unspecified atom stereocenters. The van der Waals surface area contributed by atoms with Crippen LogP contribution in [-0.4, -0.2) is 42.0 Å². The van der Waals surface area contributed by atoms with Crippen LogP contribution in [0.15, 0.2) is 54.9 Å². The highest BCUT2D eigenvalue weighted by atomic mass is 35.5. The van der Waals surface area contributed by atoms with Crippen LogP contribution >= 0.6 is 11.6 Å². The molecule has 6 nitrogen and oxygen atoms in total. The van der Waals surface area contributed by atoms with Gasteiger partial charge in [-0.15, -0.1) is 0 Å². The summed E-state index contributed by atoms with van der Waals surface area (Å²) >= 11 is 6.17. The molecule has 0 radical (unpaired) electrons. The predicted molar refractivity (Wildman–Crippen MR) is 110 cm³/mol. The van der Waals surface area contributed by atoms with Crippen molar-refractivity contribution in [1.82, 2.24) is 9.78 Å². The molecule has 0 saturated carbocycles. The van der Waals surface area contributed by atoms with E-state index in [4.69, 9.17) is 16.3 Å². The number of ether oxygens (including phenoxy) is 1. The summed E-state index contributed by atoms with van der Waals surface area (Å²) in [4.78, 5) is 14.4. The molecule has 2 aromatic carbocycles. The number of nitrogens with zero attached hydrogens (tertiary/aromatic N) is 3. The topological polar surface area (TPSA) is 59.4 Å². The summed E-state index contributed by atoms with van der Waals surface area (Å²) in [6.45, 7) is 2.91. The van der Waals surface area contributed by atoms with Gasteiger partial charge >= 0.3 is 0 Å². The molecule has 150 valence electrons. The number of benzene rings is 2. The van der Waals surface area contributed by atoms with E-state index in [0.717, 1.165) is 5.56 Å². The van der Waals surface area contributed by atoms with E-state index in [1.807, 2.05) is 29.2 Å². The lowest BCUT2D eigenvalue weighted by molar-refractivity contribution is 0.102. The van der Waals surface area contributed by atoms with Crippen LogP contribution in [0.2, 0.25) is 5.02 Å². The summed E-state index contributed by atoms with van der Waals surface area (Å²) in [5.74, 6) is -0.729. The Balaban J connectivity index is 1.42. The fourth-order valence-corrected chi connectivity index (χ4v) is 3.41. The Kier molecular flexibility index (Phi) is 5.78. The van der Waals surface area contributed by atoms with Crippen LogP contribution < -0.4 is 10.2 Å². The molecule has 0 atom stereocenters. The number of hydrogen-bond donors (Lipinski definition) is 1. The smallest absolute Gasteiger partial charge is 0.258 e. The maximum atomic E-state index is 14.5. The van der Waals surface area contributed by atoms with Crippen LogP contribution in [0, 0.1) is 5.82 Å². The molecular formula is C21H20ClFN4O2. The van der Waals surface area contributed by atoms with Crippen LogP contribution in [0.1, 0.15) is 15.9 Å². The number of aromatic nitrogens is 2. The van der Waals surface area contributed by atoms with Gasteiger partial charge in [-0.05, 0) is 29.8 Å². The largest absolute Gasteiger partial charge is 0.378 e. The lowest BCUT2D eigenvalue weighted by atomic mass is 10.2. The highest BCUT2D eigenvalue weighted by Crippen LogP contribution is 2.24. The Morgan fingerprint density at radius 3 is 2.76 bits per heavy atom. The van der Waals surface area contributed by atoms with Gasteiger partial charge in [0, 0.05) is 30.0 Å². The van der Waals surface area contributed by atoms with E-state index in [9.17, 15) is 9.18 Å². The molecule has 2 heterocycles. The van der Waals surface area contributed by atoms with Crippen molar-refractivity contribution in [3.05, 3.63) is 76.8 Å². The quantitative estimate of drug-likeness (QED) is 0.689. The third-order valence-corrected chi connectivity index (χ3v) is 5.11. The second-order valence-electron chi connectivity index (χ2n) is 6.74. The van der Waals surface area contributed by atoms with E-state index in [-0.39, 0.29) is 11.7 Å². The predicted octanol–water partition coefficient (Wildman–Crippen LogP) is 3.81. The minimum Gasteiger partial charge on any atom is -0.378 e. The molecule has 0 aliphatic carbocycles. The standard InChI is InChI=1S/C21H20ClFN4O2/c22-18-4-2-1-3-15(18)13-27-14-16(12-24-27)21(28)25-17-5-6-20(19(23)11-17)26-7-9-29-10-8-26/h1-6,11-12,14H,7-10,13H2,(H,25,28). The molecule has 1 aliphatic rings. The van der Waals surface area contributed by atoms with Gasteiger partial charge in [-0.3, -0.25) is 9.48 Å². The van der Waals surface area contributed by atoms with Crippen molar-refractivity contribution in [2.75, 3.05) is 36.5 Å². The van der Waals surface area contributed by atoms with Gasteiger partial charge < -0.3 is 15.0 Å². The van der Waals surface area contributed by atoms with Gasteiger partial charge in [0.2, 0.25) is 0 Å². The van der Waals surface area contributed by atoms with E-state index < -0.39 is 0 Å². The SMILES string of the molecule is O=C(Nc1ccc(N2CCOCC2)c(F)c1)c1cnn(Cc2ccccc2Cl)c1. The molecular weight excluding hydrogens is 395 g/mol. The van der Waals surface area contributed by atoms with Gasteiger partial charge in [0.25, 0.3) is 5.91 Å².